The largest absolute Gasteiger partial charge is 0.335 e. The number of piperidine rings is 1. The van der Waals surface area contributed by atoms with Crippen molar-refractivity contribution in [3.63, 3.8) is 0 Å². The van der Waals surface area contributed by atoms with Gasteiger partial charge in [-0.25, -0.2) is 9.78 Å². The maximum atomic E-state index is 12.7. The highest BCUT2D eigenvalue weighted by molar-refractivity contribution is 7.18. The zero-order valence-electron chi connectivity index (χ0n) is 17.1. The zero-order valence-corrected chi connectivity index (χ0v) is 17.9. The van der Waals surface area contributed by atoms with Gasteiger partial charge in [0.05, 0.1) is 29.2 Å². The van der Waals surface area contributed by atoms with E-state index in [2.05, 4.69) is 22.8 Å². The molecule has 1 aliphatic heterocycles. The Hall–Kier alpha value is -1.99. The SMILES string of the molecule is C[C@@H](C(=O)NC(=O)NC1CCCCC1)[NH+]1CCC[C@H](c2nc3ccccc3s2)C1. The number of thiazole rings is 1. The molecular weight excluding hydrogens is 384 g/mol. The first-order valence-electron chi connectivity index (χ1n) is 10.9. The van der Waals surface area contributed by atoms with Gasteiger partial charge < -0.3 is 10.2 Å². The molecule has 3 amide bonds. The molecule has 6 nitrogen and oxygen atoms in total. The average molecular weight is 416 g/mol. The molecule has 1 unspecified atom stereocenters. The highest BCUT2D eigenvalue weighted by Gasteiger charge is 2.33. The fraction of sp³-hybridized carbons (Fsp3) is 0.591. The summed E-state index contributed by atoms with van der Waals surface area (Å²) < 4.78 is 1.22. The molecule has 2 aromatic rings. The third kappa shape index (κ3) is 4.95. The molecular formula is C22H31N4O2S+. The molecule has 0 radical (unpaired) electrons. The van der Waals surface area contributed by atoms with E-state index in [-0.39, 0.29) is 24.0 Å². The van der Waals surface area contributed by atoms with Crippen LogP contribution in [0.5, 0.6) is 0 Å². The van der Waals surface area contributed by atoms with Gasteiger partial charge in [-0.1, -0.05) is 31.4 Å². The van der Waals surface area contributed by atoms with Crippen LogP contribution >= 0.6 is 11.3 Å². The van der Waals surface area contributed by atoms with Crippen molar-refractivity contribution in [2.45, 2.75) is 69.9 Å². The van der Waals surface area contributed by atoms with E-state index in [0.717, 1.165) is 57.1 Å². The molecule has 1 aromatic carbocycles. The Balaban J connectivity index is 1.33. The fourth-order valence-electron chi connectivity index (χ4n) is 4.64. The van der Waals surface area contributed by atoms with Crippen LogP contribution in [0.4, 0.5) is 4.79 Å². The van der Waals surface area contributed by atoms with Crippen molar-refractivity contribution in [1.82, 2.24) is 15.6 Å². The second-order valence-corrected chi connectivity index (χ2v) is 9.55. The number of imide groups is 1. The van der Waals surface area contributed by atoms with E-state index in [4.69, 9.17) is 4.98 Å². The smallest absolute Gasteiger partial charge is 0.321 e. The number of carbonyl (C=O) groups excluding carboxylic acids is 2. The number of quaternary nitrogens is 1. The fourth-order valence-corrected chi connectivity index (χ4v) is 5.74. The molecule has 2 heterocycles. The van der Waals surface area contributed by atoms with Crippen LogP contribution in [0.3, 0.4) is 0 Å². The van der Waals surface area contributed by atoms with Crippen LogP contribution in [0.2, 0.25) is 0 Å². The number of aromatic nitrogens is 1. The van der Waals surface area contributed by atoms with E-state index in [1.807, 2.05) is 19.1 Å². The summed E-state index contributed by atoms with van der Waals surface area (Å²) in [6, 6.07) is 7.87. The number of rotatable bonds is 4. The number of fused-ring (bicyclic) bond motifs is 1. The van der Waals surface area contributed by atoms with Gasteiger partial charge in [0.2, 0.25) is 0 Å². The van der Waals surface area contributed by atoms with Gasteiger partial charge in [-0.05, 0) is 44.7 Å². The molecule has 7 heteroatoms. The van der Waals surface area contributed by atoms with Crippen molar-refractivity contribution < 1.29 is 14.5 Å². The monoisotopic (exact) mass is 415 g/mol. The minimum Gasteiger partial charge on any atom is -0.335 e. The lowest BCUT2D eigenvalue weighted by atomic mass is 9.96. The lowest BCUT2D eigenvalue weighted by Gasteiger charge is -2.32. The van der Waals surface area contributed by atoms with Crippen molar-refractivity contribution in [3.8, 4) is 0 Å². The second-order valence-electron chi connectivity index (χ2n) is 8.49. The second kappa shape index (κ2) is 9.22. The summed E-state index contributed by atoms with van der Waals surface area (Å²) in [5.41, 5.74) is 1.06. The maximum Gasteiger partial charge on any atom is 0.321 e. The normalized spacial score (nSPS) is 24.2. The Morgan fingerprint density at radius 1 is 1.14 bits per heavy atom. The molecule has 3 atom stereocenters. The van der Waals surface area contributed by atoms with Gasteiger partial charge in [-0.3, -0.25) is 10.1 Å². The number of para-hydroxylation sites is 1. The molecule has 0 bridgehead atoms. The zero-order chi connectivity index (χ0) is 20.2. The Morgan fingerprint density at radius 3 is 2.72 bits per heavy atom. The first kappa shape index (κ1) is 20.3. The van der Waals surface area contributed by atoms with E-state index in [1.165, 1.54) is 21.0 Å². The van der Waals surface area contributed by atoms with Crippen molar-refractivity contribution >= 4 is 33.5 Å². The highest BCUT2D eigenvalue weighted by Crippen LogP contribution is 2.30. The van der Waals surface area contributed by atoms with E-state index in [1.54, 1.807) is 11.3 Å². The Kier molecular flexibility index (Phi) is 6.45. The van der Waals surface area contributed by atoms with Crippen molar-refractivity contribution in [3.05, 3.63) is 29.3 Å². The quantitative estimate of drug-likeness (QED) is 0.719. The minimum atomic E-state index is -0.340. The van der Waals surface area contributed by atoms with Gasteiger partial charge in [0, 0.05) is 6.04 Å². The molecule has 1 saturated heterocycles. The van der Waals surface area contributed by atoms with E-state index in [0.29, 0.717) is 5.92 Å². The van der Waals surface area contributed by atoms with Crippen LogP contribution in [0.25, 0.3) is 10.2 Å². The number of likely N-dealkylation sites (tertiary alicyclic amines) is 1. The predicted octanol–water partition coefficient (Wildman–Crippen LogP) is 2.61. The number of urea groups is 1. The number of benzene rings is 1. The average Bonchev–Trinajstić information content (AvgIpc) is 3.18. The first-order valence-corrected chi connectivity index (χ1v) is 11.7. The van der Waals surface area contributed by atoms with Crippen LogP contribution < -0.4 is 15.5 Å². The van der Waals surface area contributed by atoms with Gasteiger partial charge in [0.25, 0.3) is 5.91 Å². The van der Waals surface area contributed by atoms with E-state index < -0.39 is 0 Å². The van der Waals surface area contributed by atoms with Crippen LogP contribution in [0, 0.1) is 0 Å². The summed E-state index contributed by atoms with van der Waals surface area (Å²) >= 11 is 1.77. The van der Waals surface area contributed by atoms with Gasteiger partial charge in [-0.2, -0.15) is 0 Å². The van der Waals surface area contributed by atoms with Crippen molar-refractivity contribution in [2.24, 2.45) is 0 Å². The van der Waals surface area contributed by atoms with E-state index in [9.17, 15) is 9.59 Å². The number of amides is 3. The topological polar surface area (TPSA) is 75.5 Å². The molecule has 0 spiro atoms. The molecule has 2 fully saturated rings. The number of nitrogens with zero attached hydrogens (tertiary/aromatic N) is 1. The summed E-state index contributed by atoms with van der Waals surface area (Å²) in [7, 11) is 0. The molecule has 4 rings (SSSR count). The van der Waals surface area contributed by atoms with Crippen molar-refractivity contribution in [1.29, 1.82) is 0 Å². The standard InChI is InChI=1S/C22H30N4O2S/c1-15(20(27)25-22(28)23-17-9-3-2-4-10-17)26-13-7-8-16(14-26)21-24-18-11-5-6-12-19(18)29-21/h5-6,11-12,15-17H,2-4,7-10,13-14H2,1H3,(H2,23,25,27,28)/p+1/t15-,16-/m0/s1. The third-order valence-electron chi connectivity index (χ3n) is 6.40. The lowest BCUT2D eigenvalue weighted by Crippen LogP contribution is -3.18. The molecule has 1 aliphatic carbocycles. The van der Waals surface area contributed by atoms with Gasteiger partial charge in [0.1, 0.15) is 5.01 Å². The van der Waals surface area contributed by atoms with Crippen molar-refractivity contribution in [2.75, 3.05) is 13.1 Å². The minimum absolute atomic E-state index is 0.182. The molecule has 3 N–H and O–H groups in total. The van der Waals surface area contributed by atoms with E-state index >= 15 is 0 Å². The number of carbonyl (C=O) groups is 2. The predicted molar refractivity (Wildman–Crippen MR) is 115 cm³/mol. The Bertz CT molecular complexity index is 828. The molecule has 1 aromatic heterocycles. The summed E-state index contributed by atoms with van der Waals surface area (Å²) in [6.07, 6.45) is 7.75. The van der Waals surface area contributed by atoms with Gasteiger partial charge >= 0.3 is 6.03 Å². The molecule has 2 aliphatic rings. The summed E-state index contributed by atoms with van der Waals surface area (Å²) in [5.74, 6) is 0.195. The number of hydrogen-bond acceptors (Lipinski definition) is 4. The molecule has 29 heavy (non-hydrogen) atoms. The summed E-state index contributed by atoms with van der Waals surface area (Å²) in [4.78, 5) is 31.0. The summed E-state index contributed by atoms with van der Waals surface area (Å²) in [6.45, 7) is 3.78. The summed E-state index contributed by atoms with van der Waals surface area (Å²) in [5, 5.41) is 6.72. The van der Waals surface area contributed by atoms with Crippen LogP contribution in [0.1, 0.15) is 62.8 Å². The lowest BCUT2D eigenvalue weighted by molar-refractivity contribution is -0.920. The molecule has 156 valence electrons. The highest BCUT2D eigenvalue weighted by atomic mass is 32.1. The van der Waals surface area contributed by atoms with Crippen LogP contribution in [-0.4, -0.2) is 42.1 Å². The third-order valence-corrected chi connectivity index (χ3v) is 7.60. The Morgan fingerprint density at radius 2 is 1.93 bits per heavy atom. The number of hydrogen-bond donors (Lipinski definition) is 3. The van der Waals surface area contributed by atoms with Crippen LogP contribution in [0.15, 0.2) is 24.3 Å². The Labute approximate surface area is 176 Å². The maximum absolute atomic E-state index is 12.7. The number of nitrogens with one attached hydrogen (secondary N) is 3. The van der Waals surface area contributed by atoms with Gasteiger partial charge in [0.15, 0.2) is 6.04 Å². The van der Waals surface area contributed by atoms with Gasteiger partial charge in [-0.15, -0.1) is 11.3 Å². The molecule has 1 saturated carbocycles. The van der Waals surface area contributed by atoms with Crippen LogP contribution in [-0.2, 0) is 4.79 Å². The first-order chi connectivity index (χ1) is 14.1.